The summed E-state index contributed by atoms with van der Waals surface area (Å²) in [6, 6.07) is 12.8. The summed E-state index contributed by atoms with van der Waals surface area (Å²) < 4.78 is 22.2. The Hall–Kier alpha value is -3.74. The Kier molecular flexibility index (Phi) is 5.18. The van der Waals surface area contributed by atoms with Crippen LogP contribution in [0.25, 0.3) is 33.0 Å². The monoisotopic (exact) mass is 406 g/mol. The van der Waals surface area contributed by atoms with E-state index in [0.29, 0.717) is 47.1 Å². The number of nitrogens with zero attached hydrogens (tertiary/aromatic N) is 1. The second-order valence-electron chi connectivity index (χ2n) is 6.57. The third kappa shape index (κ3) is 3.28. The molecule has 0 unspecified atom stereocenters. The van der Waals surface area contributed by atoms with E-state index in [1.54, 1.807) is 6.07 Å². The van der Waals surface area contributed by atoms with E-state index in [9.17, 15) is 4.79 Å². The van der Waals surface area contributed by atoms with Crippen LogP contribution in [0.5, 0.6) is 17.2 Å². The summed E-state index contributed by atoms with van der Waals surface area (Å²) in [6.45, 7) is 4.86. The van der Waals surface area contributed by atoms with E-state index in [4.69, 9.17) is 24.4 Å². The van der Waals surface area contributed by atoms with Crippen molar-refractivity contribution >= 4 is 27.6 Å². The molecule has 0 bridgehead atoms. The highest BCUT2D eigenvalue weighted by molar-refractivity contribution is 6.10. The molecule has 0 aliphatic heterocycles. The van der Waals surface area contributed by atoms with Gasteiger partial charge in [-0.15, -0.1) is 0 Å². The Morgan fingerprint density at radius 1 is 0.967 bits per heavy atom. The predicted molar refractivity (Wildman–Crippen MR) is 117 cm³/mol. The van der Waals surface area contributed by atoms with Crippen molar-refractivity contribution in [1.29, 1.82) is 0 Å². The minimum Gasteiger partial charge on any atom is -0.493 e. The molecule has 7 nitrogen and oxygen atoms in total. The van der Waals surface area contributed by atoms with Crippen molar-refractivity contribution in [3.05, 3.63) is 52.9 Å². The number of fused-ring (bicyclic) bond motifs is 3. The quantitative estimate of drug-likeness (QED) is 0.374. The minimum absolute atomic E-state index is 0.104. The molecule has 0 fully saturated rings. The summed E-state index contributed by atoms with van der Waals surface area (Å²) in [7, 11) is 1.53. The molecule has 0 aliphatic carbocycles. The van der Waals surface area contributed by atoms with Gasteiger partial charge in [0.15, 0.2) is 22.8 Å². The van der Waals surface area contributed by atoms with Gasteiger partial charge < -0.3 is 24.4 Å². The maximum absolute atomic E-state index is 12.6. The number of benzene rings is 2. The maximum Gasteiger partial charge on any atom is 0.348 e. The summed E-state index contributed by atoms with van der Waals surface area (Å²) in [5.74, 6) is 1.86. The molecule has 7 heteroatoms. The Bertz CT molecular complexity index is 1300. The topological polar surface area (TPSA) is 96.8 Å². The zero-order valence-corrected chi connectivity index (χ0v) is 17.0. The summed E-state index contributed by atoms with van der Waals surface area (Å²) >= 11 is 0. The van der Waals surface area contributed by atoms with Crippen LogP contribution in [0, 0.1) is 0 Å². The summed E-state index contributed by atoms with van der Waals surface area (Å²) in [4.78, 5) is 17.1. The molecule has 2 N–H and O–H groups in total. The van der Waals surface area contributed by atoms with Gasteiger partial charge in [-0.3, -0.25) is 0 Å². The smallest absolute Gasteiger partial charge is 0.348 e. The van der Waals surface area contributed by atoms with Crippen LogP contribution in [0.3, 0.4) is 0 Å². The van der Waals surface area contributed by atoms with Crippen molar-refractivity contribution in [2.24, 2.45) is 0 Å². The number of nitrogen functional groups attached to an aromatic ring is 1. The van der Waals surface area contributed by atoms with Crippen molar-refractivity contribution in [3.63, 3.8) is 0 Å². The lowest BCUT2D eigenvalue weighted by Crippen LogP contribution is -2.06. The Morgan fingerprint density at radius 2 is 1.73 bits per heavy atom. The fourth-order valence-corrected chi connectivity index (χ4v) is 3.49. The first-order valence-electron chi connectivity index (χ1n) is 9.67. The lowest BCUT2D eigenvalue weighted by atomic mass is 10.0. The highest BCUT2D eigenvalue weighted by atomic mass is 16.5. The molecule has 0 saturated carbocycles. The summed E-state index contributed by atoms with van der Waals surface area (Å²) in [5.41, 5.74) is 7.39. The highest BCUT2D eigenvalue weighted by Gasteiger charge is 2.17. The fourth-order valence-electron chi connectivity index (χ4n) is 3.49. The SMILES string of the molecule is CCOc1ccc(-c2cc3c(c(N)n2)c(=O)oc2c(OC)cccc23)cc1OCC. The molecule has 154 valence electrons. The minimum atomic E-state index is -0.555. The molecule has 0 spiro atoms. The summed E-state index contributed by atoms with van der Waals surface area (Å²) in [6.07, 6.45) is 0. The number of pyridine rings is 1. The van der Waals surface area contributed by atoms with Crippen molar-refractivity contribution in [2.75, 3.05) is 26.1 Å². The third-order valence-corrected chi connectivity index (χ3v) is 4.77. The number of hydrogen-bond acceptors (Lipinski definition) is 7. The van der Waals surface area contributed by atoms with Crippen LogP contribution in [-0.4, -0.2) is 25.3 Å². The highest BCUT2D eigenvalue weighted by Crippen LogP contribution is 2.36. The van der Waals surface area contributed by atoms with E-state index in [1.165, 1.54) is 7.11 Å². The van der Waals surface area contributed by atoms with Crippen LogP contribution in [0.4, 0.5) is 5.82 Å². The molecule has 2 heterocycles. The zero-order chi connectivity index (χ0) is 21.3. The second-order valence-corrected chi connectivity index (χ2v) is 6.57. The number of ether oxygens (including phenoxy) is 3. The van der Waals surface area contributed by atoms with Gasteiger partial charge in [-0.2, -0.15) is 0 Å². The third-order valence-electron chi connectivity index (χ3n) is 4.77. The van der Waals surface area contributed by atoms with E-state index >= 15 is 0 Å². The number of anilines is 1. The van der Waals surface area contributed by atoms with Gasteiger partial charge in [0.2, 0.25) is 0 Å². The number of aromatic nitrogens is 1. The lowest BCUT2D eigenvalue weighted by Gasteiger charge is -2.13. The lowest BCUT2D eigenvalue weighted by molar-refractivity contribution is 0.288. The van der Waals surface area contributed by atoms with Gasteiger partial charge in [0.25, 0.3) is 0 Å². The molecule has 0 aliphatic rings. The first kappa shape index (κ1) is 19.6. The van der Waals surface area contributed by atoms with Gasteiger partial charge in [0.1, 0.15) is 11.2 Å². The average molecular weight is 406 g/mol. The van der Waals surface area contributed by atoms with Gasteiger partial charge in [-0.25, -0.2) is 9.78 Å². The Labute approximate surface area is 173 Å². The number of methoxy groups -OCH3 is 1. The van der Waals surface area contributed by atoms with Crippen molar-refractivity contribution in [2.45, 2.75) is 13.8 Å². The number of nitrogens with two attached hydrogens (primary N) is 1. The number of para-hydroxylation sites is 1. The first-order chi connectivity index (χ1) is 14.6. The molecule has 0 saturated heterocycles. The molecular formula is C23H22N2O5. The van der Waals surface area contributed by atoms with Gasteiger partial charge in [-0.1, -0.05) is 12.1 Å². The first-order valence-corrected chi connectivity index (χ1v) is 9.67. The molecule has 4 aromatic rings. The molecule has 4 rings (SSSR count). The van der Waals surface area contributed by atoms with Crippen LogP contribution < -0.4 is 25.6 Å². The van der Waals surface area contributed by atoms with Crippen LogP contribution in [0.15, 0.2) is 51.7 Å². The second kappa shape index (κ2) is 7.94. The summed E-state index contributed by atoms with van der Waals surface area (Å²) in [5, 5.41) is 1.61. The molecular weight excluding hydrogens is 384 g/mol. The van der Waals surface area contributed by atoms with E-state index in [0.717, 1.165) is 10.9 Å². The number of rotatable bonds is 6. The van der Waals surface area contributed by atoms with Crippen molar-refractivity contribution in [1.82, 2.24) is 4.98 Å². The maximum atomic E-state index is 12.6. The number of hydrogen-bond donors (Lipinski definition) is 1. The van der Waals surface area contributed by atoms with E-state index in [1.807, 2.05) is 50.2 Å². The molecule has 30 heavy (non-hydrogen) atoms. The largest absolute Gasteiger partial charge is 0.493 e. The molecule has 0 atom stereocenters. The van der Waals surface area contributed by atoms with Crippen molar-refractivity contribution < 1.29 is 18.6 Å². The predicted octanol–water partition coefficient (Wildman–Crippen LogP) is 4.40. The zero-order valence-electron chi connectivity index (χ0n) is 17.0. The van der Waals surface area contributed by atoms with Gasteiger partial charge >= 0.3 is 5.63 Å². The van der Waals surface area contributed by atoms with Gasteiger partial charge in [0.05, 0.1) is 26.0 Å². The molecule has 0 amide bonds. The Morgan fingerprint density at radius 3 is 2.47 bits per heavy atom. The molecule has 2 aromatic carbocycles. The van der Waals surface area contributed by atoms with E-state index in [2.05, 4.69) is 4.98 Å². The van der Waals surface area contributed by atoms with Crippen LogP contribution in [0.1, 0.15) is 13.8 Å². The fraction of sp³-hybridized carbons (Fsp3) is 0.217. The van der Waals surface area contributed by atoms with E-state index < -0.39 is 5.63 Å². The van der Waals surface area contributed by atoms with Crippen LogP contribution in [-0.2, 0) is 0 Å². The molecule has 2 aromatic heterocycles. The van der Waals surface area contributed by atoms with Crippen molar-refractivity contribution in [3.8, 4) is 28.5 Å². The van der Waals surface area contributed by atoms with Gasteiger partial charge in [0, 0.05) is 16.3 Å². The Balaban J connectivity index is 1.98. The standard InChI is InChI=1S/C23H22N2O5/c1-4-28-17-10-9-13(11-19(17)29-5-2)16-12-15-14-7-6-8-18(27-3)21(14)30-23(26)20(15)22(24)25-16/h6-12H,4-5H2,1-3H3,(H2,24,25). The normalized spacial score (nSPS) is 11.0. The van der Waals surface area contributed by atoms with Gasteiger partial charge in [-0.05, 0) is 44.2 Å². The molecule has 0 radical (unpaired) electrons. The van der Waals surface area contributed by atoms with Crippen LogP contribution >= 0.6 is 0 Å². The van der Waals surface area contributed by atoms with Crippen LogP contribution in [0.2, 0.25) is 0 Å². The van der Waals surface area contributed by atoms with E-state index in [-0.39, 0.29) is 11.2 Å². The average Bonchev–Trinajstić information content (AvgIpc) is 2.74.